The van der Waals surface area contributed by atoms with Crippen LogP contribution in [0.2, 0.25) is 0 Å². The second-order valence-corrected chi connectivity index (χ2v) is 6.77. The van der Waals surface area contributed by atoms with Crippen molar-refractivity contribution >= 4 is 5.91 Å². The molecule has 0 radical (unpaired) electrons. The average molecular weight is 398 g/mol. The summed E-state index contributed by atoms with van der Waals surface area (Å²) in [5.74, 6) is 2.45. The van der Waals surface area contributed by atoms with Crippen molar-refractivity contribution in [3.8, 4) is 17.1 Å². The average Bonchev–Trinajstić information content (AvgIpc) is 3.39. The summed E-state index contributed by atoms with van der Waals surface area (Å²) in [5.41, 5.74) is 0.833. The summed E-state index contributed by atoms with van der Waals surface area (Å²) in [6.45, 7) is 3.01. The van der Waals surface area contributed by atoms with Crippen molar-refractivity contribution < 1.29 is 18.5 Å². The number of hydrogen-bond donors (Lipinski definition) is 1. The van der Waals surface area contributed by atoms with Gasteiger partial charge in [-0.2, -0.15) is 4.98 Å². The van der Waals surface area contributed by atoms with Gasteiger partial charge in [-0.15, -0.1) is 0 Å². The van der Waals surface area contributed by atoms with E-state index in [0.717, 1.165) is 17.1 Å². The normalized spacial score (nSPS) is 12.1. The Morgan fingerprint density at radius 3 is 2.69 bits per heavy atom. The van der Waals surface area contributed by atoms with Crippen molar-refractivity contribution in [2.45, 2.75) is 25.8 Å². The van der Waals surface area contributed by atoms with E-state index in [0.29, 0.717) is 31.3 Å². The molecule has 1 N–H and O–H groups in total. The van der Waals surface area contributed by atoms with Crippen LogP contribution < -0.4 is 10.1 Å². The summed E-state index contributed by atoms with van der Waals surface area (Å²) in [5, 5.41) is 6.93. The van der Waals surface area contributed by atoms with E-state index in [2.05, 4.69) is 15.5 Å². The molecule has 0 spiro atoms. The highest BCUT2D eigenvalue weighted by atomic mass is 16.5. The fraction of sp³-hybridized carbons (Fsp3) is 0.381. The minimum Gasteiger partial charge on any atom is -0.494 e. The van der Waals surface area contributed by atoms with Gasteiger partial charge in [0.25, 0.3) is 0 Å². The Bertz CT molecular complexity index is 888. The van der Waals surface area contributed by atoms with Gasteiger partial charge in [0.2, 0.25) is 17.6 Å². The van der Waals surface area contributed by atoms with Gasteiger partial charge in [0.1, 0.15) is 11.5 Å². The number of nitrogens with zero attached hydrogens (tertiary/aromatic N) is 3. The van der Waals surface area contributed by atoms with E-state index in [9.17, 15) is 4.79 Å². The van der Waals surface area contributed by atoms with Crippen molar-refractivity contribution in [2.24, 2.45) is 0 Å². The van der Waals surface area contributed by atoms with Gasteiger partial charge in [0, 0.05) is 24.9 Å². The smallest absolute Gasteiger partial charge is 0.227 e. The lowest BCUT2D eigenvalue weighted by Crippen LogP contribution is -2.34. The zero-order valence-electron chi connectivity index (χ0n) is 16.9. The van der Waals surface area contributed by atoms with E-state index in [1.165, 1.54) is 0 Å². The Balaban J connectivity index is 1.49. The van der Waals surface area contributed by atoms with Gasteiger partial charge in [-0.25, -0.2) is 0 Å². The van der Waals surface area contributed by atoms with Crippen LogP contribution in [0.15, 0.2) is 51.6 Å². The molecule has 8 heteroatoms. The van der Waals surface area contributed by atoms with Crippen LogP contribution in [0.4, 0.5) is 0 Å². The topological polar surface area (TPSA) is 93.6 Å². The van der Waals surface area contributed by atoms with Crippen LogP contribution >= 0.6 is 0 Å². The van der Waals surface area contributed by atoms with Crippen molar-refractivity contribution in [3.63, 3.8) is 0 Å². The number of rotatable bonds is 10. The highest BCUT2D eigenvalue weighted by molar-refractivity contribution is 5.76. The third kappa shape index (κ3) is 5.68. The Labute approximate surface area is 169 Å². The lowest BCUT2D eigenvalue weighted by molar-refractivity contribution is -0.121. The van der Waals surface area contributed by atoms with Gasteiger partial charge in [-0.1, -0.05) is 5.16 Å². The molecule has 2 aromatic heterocycles. The van der Waals surface area contributed by atoms with Crippen LogP contribution in [-0.2, 0) is 11.2 Å². The number of aryl methyl sites for hydroxylation is 1. The summed E-state index contributed by atoms with van der Waals surface area (Å²) in [7, 11) is 3.89. The first-order valence-corrected chi connectivity index (χ1v) is 9.59. The number of amides is 1. The molecule has 3 rings (SSSR count). The molecule has 0 aliphatic carbocycles. The SMILES string of the molecule is CCOc1ccc(-c2noc(CCC(=O)NCC(c3ccco3)N(C)C)n2)cc1. The number of benzene rings is 1. The largest absolute Gasteiger partial charge is 0.494 e. The molecule has 0 bridgehead atoms. The second kappa shape index (κ2) is 9.88. The number of nitrogens with one attached hydrogen (secondary N) is 1. The van der Waals surface area contributed by atoms with Gasteiger partial charge in [-0.05, 0) is 57.4 Å². The second-order valence-electron chi connectivity index (χ2n) is 6.77. The molecule has 0 aliphatic heterocycles. The Morgan fingerprint density at radius 1 is 1.24 bits per heavy atom. The van der Waals surface area contributed by atoms with Crippen molar-refractivity contribution in [1.82, 2.24) is 20.4 Å². The van der Waals surface area contributed by atoms with E-state index in [1.807, 2.05) is 62.3 Å². The van der Waals surface area contributed by atoms with Crippen LogP contribution in [0.3, 0.4) is 0 Å². The van der Waals surface area contributed by atoms with E-state index < -0.39 is 0 Å². The predicted octanol–water partition coefficient (Wildman–Crippen LogP) is 3.08. The standard InChI is InChI=1S/C21H26N4O4/c1-4-27-16-9-7-15(8-10-16)21-23-20(29-24-21)12-11-19(26)22-14-17(25(2)3)18-6-5-13-28-18/h5-10,13,17H,4,11-12,14H2,1-3H3,(H,22,26). The molecule has 29 heavy (non-hydrogen) atoms. The van der Waals surface area contributed by atoms with Crippen LogP contribution in [0.5, 0.6) is 5.75 Å². The lowest BCUT2D eigenvalue weighted by Gasteiger charge is -2.22. The molecule has 2 heterocycles. The zero-order chi connectivity index (χ0) is 20.6. The summed E-state index contributed by atoms with van der Waals surface area (Å²) in [6, 6.07) is 11.2. The molecule has 0 saturated carbocycles. The molecule has 0 fully saturated rings. The van der Waals surface area contributed by atoms with Crippen LogP contribution in [0.25, 0.3) is 11.4 Å². The highest BCUT2D eigenvalue weighted by Gasteiger charge is 2.18. The van der Waals surface area contributed by atoms with Gasteiger partial charge >= 0.3 is 0 Å². The Hall–Kier alpha value is -3.13. The summed E-state index contributed by atoms with van der Waals surface area (Å²) in [4.78, 5) is 18.6. The number of aromatic nitrogens is 2. The van der Waals surface area contributed by atoms with E-state index >= 15 is 0 Å². The first-order valence-electron chi connectivity index (χ1n) is 9.59. The molecule has 1 aromatic carbocycles. The van der Waals surface area contributed by atoms with Gasteiger partial charge < -0.3 is 19.0 Å². The summed E-state index contributed by atoms with van der Waals surface area (Å²) in [6.07, 6.45) is 2.28. The molecular formula is C21H26N4O4. The van der Waals surface area contributed by atoms with Crippen molar-refractivity contribution in [1.29, 1.82) is 0 Å². The number of likely N-dealkylation sites (N-methyl/N-ethyl adjacent to an activating group) is 1. The zero-order valence-corrected chi connectivity index (χ0v) is 16.9. The number of hydrogen-bond acceptors (Lipinski definition) is 7. The van der Waals surface area contributed by atoms with E-state index in [-0.39, 0.29) is 18.4 Å². The molecule has 1 atom stereocenters. The quantitative estimate of drug-likeness (QED) is 0.561. The third-order valence-corrected chi connectivity index (χ3v) is 4.45. The van der Waals surface area contributed by atoms with Gasteiger partial charge in [0.05, 0.1) is 18.9 Å². The van der Waals surface area contributed by atoms with Crippen molar-refractivity contribution in [3.05, 3.63) is 54.3 Å². The first-order chi connectivity index (χ1) is 14.1. The van der Waals surface area contributed by atoms with Crippen molar-refractivity contribution in [2.75, 3.05) is 27.2 Å². The minimum absolute atomic E-state index is 0.0244. The number of carbonyl (C=O) groups excluding carboxylic acids is 1. The van der Waals surface area contributed by atoms with Gasteiger partial charge in [0.15, 0.2) is 0 Å². The monoisotopic (exact) mass is 398 g/mol. The van der Waals surface area contributed by atoms with Crippen LogP contribution in [0.1, 0.15) is 31.0 Å². The van der Waals surface area contributed by atoms with Gasteiger partial charge in [-0.3, -0.25) is 9.69 Å². The maximum absolute atomic E-state index is 12.2. The molecular weight excluding hydrogens is 372 g/mol. The Kier molecular flexibility index (Phi) is 7.02. The maximum Gasteiger partial charge on any atom is 0.227 e. The third-order valence-electron chi connectivity index (χ3n) is 4.45. The molecule has 3 aromatic rings. The van der Waals surface area contributed by atoms with Crippen LogP contribution in [-0.4, -0.2) is 48.2 Å². The molecule has 1 unspecified atom stereocenters. The summed E-state index contributed by atoms with van der Waals surface area (Å²) >= 11 is 0. The van der Waals surface area contributed by atoms with E-state index in [1.54, 1.807) is 6.26 Å². The number of ether oxygens (including phenoxy) is 1. The minimum atomic E-state index is -0.0794. The fourth-order valence-corrected chi connectivity index (χ4v) is 2.88. The molecule has 8 nitrogen and oxygen atoms in total. The molecule has 0 aliphatic rings. The number of furan rings is 1. The van der Waals surface area contributed by atoms with E-state index in [4.69, 9.17) is 13.7 Å². The first kappa shape index (κ1) is 20.6. The molecule has 1 amide bonds. The molecule has 0 saturated heterocycles. The van der Waals surface area contributed by atoms with Crippen LogP contribution in [0, 0.1) is 0 Å². The predicted molar refractivity (Wildman–Crippen MR) is 107 cm³/mol. The Morgan fingerprint density at radius 2 is 2.03 bits per heavy atom. The maximum atomic E-state index is 12.2. The number of carbonyl (C=O) groups is 1. The molecule has 154 valence electrons. The highest BCUT2D eigenvalue weighted by Crippen LogP contribution is 2.20. The summed E-state index contributed by atoms with van der Waals surface area (Å²) < 4.78 is 16.2. The lowest BCUT2D eigenvalue weighted by atomic mass is 10.2. The fourth-order valence-electron chi connectivity index (χ4n) is 2.88.